The van der Waals surface area contributed by atoms with Crippen LogP contribution in [0.15, 0.2) is 48.8 Å². The molecule has 0 spiro atoms. The molecule has 8 heteroatoms. The van der Waals surface area contributed by atoms with Crippen LogP contribution in [0.5, 0.6) is 11.5 Å². The Morgan fingerprint density at radius 1 is 1.18 bits per heavy atom. The number of nitriles is 1. The predicted octanol–water partition coefficient (Wildman–Crippen LogP) is 5.07. The third-order valence-electron chi connectivity index (χ3n) is 6.12. The molecule has 1 N–H and O–H groups in total. The summed E-state index contributed by atoms with van der Waals surface area (Å²) in [5.41, 5.74) is 2.46. The van der Waals surface area contributed by atoms with Gasteiger partial charge in [0.15, 0.2) is 6.61 Å². The van der Waals surface area contributed by atoms with Gasteiger partial charge in [0.2, 0.25) is 0 Å². The molecule has 1 aromatic carbocycles. The largest absolute Gasteiger partial charge is 0.455 e. The van der Waals surface area contributed by atoms with Crippen molar-refractivity contribution in [1.82, 2.24) is 9.55 Å². The molecule has 0 saturated heterocycles. The fraction of sp³-hybridized carbons (Fsp3) is 0.308. The van der Waals surface area contributed by atoms with Crippen molar-refractivity contribution in [2.45, 2.75) is 45.6 Å². The van der Waals surface area contributed by atoms with Crippen LogP contribution in [-0.2, 0) is 9.53 Å². The van der Waals surface area contributed by atoms with E-state index in [0.717, 1.165) is 36.9 Å². The first-order chi connectivity index (χ1) is 16.5. The van der Waals surface area contributed by atoms with Crippen molar-refractivity contribution in [1.29, 1.82) is 5.26 Å². The van der Waals surface area contributed by atoms with E-state index in [9.17, 15) is 14.9 Å². The number of aromatic nitrogens is 2. The highest BCUT2D eigenvalue weighted by Crippen LogP contribution is 2.37. The molecule has 0 radical (unpaired) electrons. The van der Waals surface area contributed by atoms with E-state index in [1.807, 2.05) is 13.8 Å². The first-order valence-corrected chi connectivity index (χ1v) is 11.2. The summed E-state index contributed by atoms with van der Waals surface area (Å²) in [6.07, 6.45) is 7.40. The molecule has 34 heavy (non-hydrogen) atoms. The van der Waals surface area contributed by atoms with Gasteiger partial charge in [0.1, 0.15) is 28.9 Å². The summed E-state index contributed by atoms with van der Waals surface area (Å²) in [4.78, 5) is 29.4. The first-order valence-electron chi connectivity index (χ1n) is 11.2. The van der Waals surface area contributed by atoms with Crippen LogP contribution in [0.2, 0.25) is 0 Å². The zero-order valence-corrected chi connectivity index (χ0v) is 19.2. The minimum atomic E-state index is -0.686. The molecule has 1 amide bonds. The van der Waals surface area contributed by atoms with E-state index in [1.165, 1.54) is 6.20 Å². The number of esters is 1. The van der Waals surface area contributed by atoms with Crippen LogP contribution in [0.3, 0.4) is 0 Å². The van der Waals surface area contributed by atoms with Crippen molar-refractivity contribution in [3.8, 4) is 17.6 Å². The molecule has 0 bridgehead atoms. The lowest BCUT2D eigenvalue weighted by molar-refractivity contribution is -0.119. The van der Waals surface area contributed by atoms with E-state index in [4.69, 9.17) is 9.47 Å². The third-order valence-corrected chi connectivity index (χ3v) is 6.12. The standard InChI is InChI=1S/C26H26N4O4/c1-17-18(2)30(19-8-3-4-9-19)25(22(17)14-27)29-24(31)16-33-26(32)21-11-5-6-12-23(21)34-20-10-7-13-28-15-20/h5-7,10-13,15,19H,3-4,8-9,16H2,1-2H3,(H,29,31). The number of hydrogen-bond acceptors (Lipinski definition) is 6. The number of carbonyl (C=O) groups excluding carboxylic acids is 2. The maximum atomic E-state index is 12.7. The van der Waals surface area contributed by atoms with Crippen LogP contribution in [0.4, 0.5) is 5.82 Å². The van der Waals surface area contributed by atoms with E-state index in [2.05, 4.69) is 20.9 Å². The van der Waals surface area contributed by atoms with Crippen LogP contribution in [0, 0.1) is 25.2 Å². The van der Waals surface area contributed by atoms with Gasteiger partial charge in [-0.05, 0) is 56.5 Å². The molecule has 8 nitrogen and oxygen atoms in total. The second-order valence-corrected chi connectivity index (χ2v) is 8.27. The summed E-state index contributed by atoms with van der Waals surface area (Å²) < 4.78 is 13.1. The number of rotatable bonds is 7. The van der Waals surface area contributed by atoms with Gasteiger partial charge in [0.25, 0.3) is 5.91 Å². The molecule has 2 aromatic heterocycles. The van der Waals surface area contributed by atoms with Crippen molar-refractivity contribution >= 4 is 17.7 Å². The number of benzene rings is 1. The topological polar surface area (TPSA) is 106 Å². The van der Waals surface area contributed by atoms with Gasteiger partial charge in [-0.15, -0.1) is 0 Å². The van der Waals surface area contributed by atoms with Gasteiger partial charge in [-0.3, -0.25) is 9.78 Å². The van der Waals surface area contributed by atoms with Gasteiger partial charge in [-0.2, -0.15) is 5.26 Å². The molecular formula is C26H26N4O4. The average Bonchev–Trinajstić information content (AvgIpc) is 3.45. The lowest BCUT2D eigenvalue weighted by Crippen LogP contribution is -2.24. The molecule has 1 aliphatic rings. The van der Waals surface area contributed by atoms with Crippen LogP contribution in [-0.4, -0.2) is 28.0 Å². The summed E-state index contributed by atoms with van der Waals surface area (Å²) in [6, 6.07) is 12.5. The minimum Gasteiger partial charge on any atom is -0.455 e. The lowest BCUT2D eigenvalue weighted by atomic mass is 10.2. The Bertz CT molecular complexity index is 1240. The number of hydrogen-bond donors (Lipinski definition) is 1. The monoisotopic (exact) mass is 458 g/mol. The Balaban J connectivity index is 1.46. The van der Waals surface area contributed by atoms with E-state index in [1.54, 1.807) is 42.6 Å². The molecule has 0 atom stereocenters. The molecule has 4 rings (SSSR count). The molecule has 0 unspecified atom stereocenters. The Morgan fingerprint density at radius 2 is 1.94 bits per heavy atom. The van der Waals surface area contributed by atoms with Gasteiger partial charge in [0, 0.05) is 17.9 Å². The molecule has 1 saturated carbocycles. The zero-order chi connectivity index (χ0) is 24.1. The zero-order valence-electron chi connectivity index (χ0n) is 19.2. The number of ether oxygens (including phenoxy) is 2. The summed E-state index contributed by atoms with van der Waals surface area (Å²) in [7, 11) is 0. The van der Waals surface area contributed by atoms with Crippen LogP contribution in [0.1, 0.15) is 58.9 Å². The van der Waals surface area contributed by atoms with Gasteiger partial charge in [0.05, 0.1) is 11.8 Å². The Hall–Kier alpha value is -4.12. The number of anilines is 1. The minimum absolute atomic E-state index is 0.192. The summed E-state index contributed by atoms with van der Waals surface area (Å²) in [5, 5.41) is 12.5. The molecule has 1 aliphatic carbocycles. The predicted molar refractivity (Wildman–Crippen MR) is 126 cm³/mol. The number of carbonyl (C=O) groups is 2. The second kappa shape index (κ2) is 10.2. The quantitative estimate of drug-likeness (QED) is 0.495. The number of nitrogens with zero attached hydrogens (tertiary/aromatic N) is 3. The van der Waals surface area contributed by atoms with Crippen LogP contribution in [0.25, 0.3) is 0 Å². The Morgan fingerprint density at radius 3 is 2.65 bits per heavy atom. The van der Waals surface area contributed by atoms with Gasteiger partial charge < -0.3 is 19.4 Å². The second-order valence-electron chi connectivity index (χ2n) is 8.27. The Labute approximate surface area is 198 Å². The molecular weight excluding hydrogens is 432 g/mol. The van der Waals surface area contributed by atoms with Crippen molar-refractivity contribution < 1.29 is 19.1 Å². The number of amides is 1. The Kier molecular flexibility index (Phi) is 6.93. The maximum Gasteiger partial charge on any atom is 0.342 e. The van der Waals surface area contributed by atoms with Crippen LogP contribution < -0.4 is 10.1 Å². The molecule has 2 heterocycles. The smallest absolute Gasteiger partial charge is 0.342 e. The van der Waals surface area contributed by atoms with Gasteiger partial charge >= 0.3 is 5.97 Å². The summed E-state index contributed by atoms with van der Waals surface area (Å²) in [5.74, 6) is 0.0590. The molecule has 1 fully saturated rings. The maximum absolute atomic E-state index is 12.7. The van der Waals surface area contributed by atoms with Crippen LogP contribution >= 0.6 is 0 Å². The fourth-order valence-corrected chi connectivity index (χ4v) is 4.34. The first kappa shape index (κ1) is 23.1. The van der Waals surface area contributed by atoms with Crippen molar-refractivity contribution in [2.75, 3.05) is 11.9 Å². The number of pyridine rings is 1. The van der Waals surface area contributed by atoms with Crippen molar-refractivity contribution in [3.63, 3.8) is 0 Å². The van der Waals surface area contributed by atoms with Gasteiger partial charge in [-0.1, -0.05) is 25.0 Å². The summed E-state index contributed by atoms with van der Waals surface area (Å²) in [6.45, 7) is 3.36. The van der Waals surface area contributed by atoms with Crippen molar-refractivity contribution in [3.05, 3.63) is 71.2 Å². The highest BCUT2D eigenvalue weighted by molar-refractivity contribution is 5.97. The van der Waals surface area contributed by atoms with Gasteiger partial charge in [-0.25, -0.2) is 4.79 Å². The van der Waals surface area contributed by atoms with E-state index < -0.39 is 18.5 Å². The van der Waals surface area contributed by atoms with Crippen molar-refractivity contribution in [2.24, 2.45) is 0 Å². The molecule has 174 valence electrons. The number of nitrogens with one attached hydrogen (secondary N) is 1. The number of para-hydroxylation sites is 1. The third kappa shape index (κ3) is 4.79. The lowest BCUT2D eigenvalue weighted by Gasteiger charge is -2.19. The molecule has 3 aromatic rings. The normalized spacial score (nSPS) is 13.3. The average molecular weight is 459 g/mol. The highest BCUT2D eigenvalue weighted by Gasteiger charge is 2.27. The molecule has 0 aliphatic heterocycles. The van der Waals surface area contributed by atoms with E-state index >= 15 is 0 Å². The SMILES string of the molecule is Cc1c(C#N)c(NC(=O)COC(=O)c2ccccc2Oc2cccnc2)n(C2CCCC2)c1C. The van der Waals surface area contributed by atoms with E-state index in [0.29, 0.717) is 22.9 Å². The fourth-order valence-electron chi connectivity index (χ4n) is 4.34. The highest BCUT2D eigenvalue weighted by atomic mass is 16.5. The van der Waals surface area contributed by atoms with E-state index in [-0.39, 0.29) is 11.6 Å². The summed E-state index contributed by atoms with van der Waals surface area (Å²) >= 11 is 0.